The number of rotatable bonds is 9. The first-order chi connectivity index (χ1) is 20.0. The van der Waals surface area contributed by atoms with Crippen molar-refractivity contribution < 1.29 is 39.9 Å². The fraction of sp³-hybridized carbons (Fsp3) is 0.367. The Morgan fingerprint density at radius 2 is 1.40 bits per heavy atom. The zero-order valence-corrected chi connectivity index (χ0v) is 23.3. The normalized spacial score (nSPS) is 21.7. The highest BCUT2D eigenvalue weighted by molar-refractivity contribution is 7.89. The minimum absolute atomic E-state index is 0.0384. The van der Waals surface area contributed by atoms with Gasteiger partial charge < -0.3 is 10.5 Å². The smallest absolute Gasteiger partial charge is 0.266 e. The molecule has 2 aliphatic rings. The molecule has 2 fully saturated rings. The van der Waals surface area contributed by atoms with Crippen LogP contribution in [0.15, 0.2) is 59.5 Å². The average molecular weight is 609 g/mol. The van der Waals surface area contributed by atoms with E-state index in [1.165, 1.54) is 6.42 Å². The lowest BCUT2D eigenvalue weighted by Crippen LogP contribution is -2.74. The van der Waals surface area contributed by atoms with E-state index >= 15 is 0 Å². The van der Waals surface area contributed by atoms with Gasteiger partial charge in [0.1, 0.15) is 0 Å². The van der Waals surface area contributed by atoms with Crippen LogP contribution in [-0.4, -0.2) is 30.4 Å². The van der Waals surface area contributed by atoms with Crippen LogP contribution in [0.4, 0.5) is 22.0 Å². The Kier molecular flexibility index (Phi) is 8.41. The van der Waals surface area contributed by atoms with Crippen molar-refractivity contribution in [2.75, 3.05) is 0 Å². The van der Waals surface area contributed by atoms with Crippen LogP contribution in [0.3, 0.4) is 0 Å². The predicted molar refractivity (Wildman–Crippen MR) is 143 cm³/mol. The molecule has 3 aromatic carbocycles. The van der Waals surface area contributed by atoms with Crippen molar-refractivity contribution in [1.82, 2.24) is 4.31 Å². The lowest BCUT2D eigenvalue weighted by molar-refractivity contribution is -0.210. The van der Waals surface area contributed by atoms with Crippen molar-refractivity contribution in [2.24, 2.45) is 5.73 Å². The van der Waals surface area contributed by atoms with Gasteiger partial charge in [-0.15, -0.1) is 0 Å². The van der Waals surface area contributed by atoms with Gasteiger partial charge in [0.15, 0.2) is 28.2 Å². The summed E-state index contributed by atoms with van der Waals surface area (Å²) in [6.45, 7) is -0.324. The molecule has 1 heterocycles. The Labute approximate surface area is 240 Å². The van der Waals surface area contributed by atoms with E-state index in [0.29, 0.717) is 21.4 Å². The first kappa shape index (κ1) is 30.1. The number of amides is 1. The highest BCUT2D eigenvalue weighted by Crippen LogP contribution is 2.46. The molecule has 1 aliphatic heterocycles. The summed E-state index contributed by atoms with van der Waals surface area (Å²) in [5.74, 6) is -13.4. The van der Waals surface area contributed by atoms with Crippen molar-refractivity contribution in [1.29, 1.82) is 0 Å². The Bertz CT molecular complexity index is 1550. The zero-order valence-electron chi connectivity index (χ0n) is 22.5. The predicted octanol–water partition coefficient (Wildman–Crippen LogP) is 5.83. The number of hydrogen-bond donors (Lipinski definition) is 1. The van der Waals surface area contributed by atoms with Crippen LogP contribution in [0.5, 0.6) is 0 Å². The molecule has 2 atom stereocenters. The van der Waals surface area contributed by atoms with Crippen LogP contribution < -0.4 is 5.73 Å². The molecule has 3 aromatic rings. The summed E-state index contributed by atoms with van der Waals surface area (Å²) in [5, 5.41) is 0. The van der Waals surface area contributed by atoms with Gasteiger partial charge in [0.25, 0.3) is 15.9 Å². The number of nitrogens with two attached hydrogens (primary N) is 1. The van der Waals surface area contributed by atoms with Gasteiger partial charge in [0.2, 0.25) is 11.5 Å². The van der Waals surface area contributed by atoms with E-state index in [9.17, 15) is 35.2 Å². The molecule has 0 bridgehead atoms. The molecule has 2 N–H and O–H groups in total. The van der Waals surface area contributed by atoms with E-state index in [0.717, 1.165) is 31.2 Å². The topological polar surface area (TPSA) is 89.7 Å². The van der Waals surface area contributed by atoms with Crippen molar-refractivity contribution in [3.63, 3.8) is 0 Å². The molecule has 5 rings (SSSR count). The number of primary amides is 1. The van der Waals surface area contributed by atoms with Gasteiger partial charge in [-0.25, -0.2) is 30.4 Å². The molecule has 12 heteroatoms. The van der Waals surface area contributed by atoms with Crippen LogP contribution in [0, 0.1) is 29.1 Å². The Morgan fingerprint density at radius 3 is 1.98 bits per heavy atom. The minimum atomic E-state index is -5.57. The third kappa shape index (κ3) is 5.31. The number of sulfonamides is 1. The van der Waals surface area contributed by atoms with E-state index in [1.54, 1.807) is 42.5 Å². The second kappa shape index (κ2) is 11.7. The fourth-order valence-electron chi connectivity index (χ4n) is 5.94. The number of carbonyl (C=O) groups is 1. The summed E-state index contributed by atoms with van der Waals surface area (Å²) in [6.07, 6.45) is 5.25. The van der Waals surface area contributed by atoms with Gasteiger partial charge in [0, 0.05) is 12.5 Å². The fourth-order valence-corrected chi connectivity index (χ4v) is 7.92. The van der Waals surface area contributed by atoms with Gasteiger partial charge in [-0.05, 0) is 41.9 Å². The van der Waals surface area contributed by atoms with Crippen molar-refractivity contribution >= 4 is 15.9 Å². The Balaban J connectivity index is 1.52. The van der Waals surface area contributed by atoms with Crippen LogP contribution >= 0.6 is 0 Å². The number of benzene rings is 3. The van der Waals surface area contributed by atoms with Crippen LogP contribution in [-0.2, 0) is 32.6 Å². The summed E-state index contributed by atoms with van der Waals surface area (Å²) in [7, 11) is -5.57. The maximum absolute atomic E-state index is 14.8. The van der Waals surface area contributed by atoms with Gasteiger partial charge >= 0.3 is 0 Å². The first-order valence-corrected chi connectivity index (χ1v) is 15.0. The standard InChI is InChI=1S/C30H29F5N2O4S/c31-23-24(32)26(34)28(27(35)25(23)33)42(39,40)37-22(15-18-11-13-21(14-12-18)20-9-5-2-6-10-20)16-30(37,29(36)38)41-17-19-7-3-1-4-8-19/h1,3-4,7-8,11-14,20,22H,2,5-6,9-10,15-17H2,(H2,36,38)/t22?,30-/m1/s1. The molecule has 1 saturated carbocycles. The summed E-state index contributed by atoms with van der Waals surface area (Å²) >= 11 is 0. The van der Waals surface area contributed by atoms with E-state index in [1.807, 2.05) is 12.1 Å². The molecular weight excluding hydrogens is 579 g/mol. The van der Waals surface area contributed by atoms with E-state index < -0.39 is 61.7 Å². The maximum Gasteiger partial charge on any atom is 0.266 e. The van der Waals surface area contributed by atoms with Gasteiger partial charge in [-0.2, -0.15) is 4.31 Å². The molecule has 1 unspecified atom stereocenters. The monoisotopic (exact) mass is 608 g/mol. The van der Waals surface area contributed by atoms with Crippen LogP contribution in [0.1, 0.15) is 61.1 Å². The highest BCUT2D eigenvalue weighted by atomic mass is 32.2. The summed E-state index contributed by atoms with van der Waals surface area (Å²) in [6, 6.07) is 14.6. The molecule has 1 aliphatic carbocycles. The Hall–Kier alpha value is -3.35. The van der Waals surface area contributed by atoms with Crippen LogP contribution in [0.25, 0.3) is 0 Å². The number of nitrogens with zero attached hydrogens (tertiary/aromatic N) is 1. The number of ether oxygens (including phenoxy) is 1. The molecule has 42 heavy (non-hydrogen) atoms. The van der Waals surface area contributed by atoms with Crippen molar-refractivity contribution in [2.45, 2.75) is 74.1 Å². The molecular formula is C30H29F5N2O4S. The largest absolute Gasteiger partial charge is 0.366 e. The average Bonchev–Trinajstić information content (AvgIpc) is 2.97. The molecule has 224 valence electrons. The summed E-state index contributed by atoms with van der Waals surface area (Å²) < 4.78 is 105. The Morgan fingerprint density at radius 1 is 0.833 bits per heavy atom. The van der Waals surface area contributed by atoms with Gasteiger partial charge in [-0.3, -0.25) is 4.79 Å². The van der Waals surface area contributed by atoms with E-state index in [-0.39, 0.29) is 19.4 Å². The number of carbonyl (C=O) groups excluding carboxylic acids is 1. The number of hydrogen-bond acceptors (Lipinski definition) is 4. The minimum Gasteiger partial charge on any atom is -0.366 e. The highest BCUT2D eigenvalue weighted by Gasteiger charge is 2.64. The molecule has 1 saturated heterocycles. The van der Waals surface area contributed by atoms with Crippen molar-refractivity contribution in [3.05, 3.63) is 100 Å². The quantitative estimate of drug-likeness (QED) is 0.188. The zero-order chi connectivity index (χ0) is 30.2. The van der Waals surface area contributed by atoms with Crippen molar-refractivity contribution in [3.8, 4) is 0 Å². The SMILES string of the molecule is NC(=O)[C@]1(OCc2ccccc2)CC(Cc2ccc(C3CCCCC3)cc2)N1S(=O)(=O)c1c(F)c(F)c(F)c(F)c1F. The van der Waals surface area contributed by atoms with E-state index in [2.05, 4.69) is 0 Å². The second-order valence-electron chi connectivity index (χ2n) is 10.8. The molecule has 0 spiro atoms. The lowest BCUT2D eigenvalue weighted by Gasteiger charge is -2.54. The summed E-state index contributed by atoms with van der Waals surface area (Å²) in [5.41, 5.74) is 5.47. The van der Waals surface area contributed by atoms with Gasteiger partial charge in [-0.1, -0.05) is 73.9 Å². The molecule has 6 nitrogen and oxygen atoms in total. The summed E-state index contributed by atoms with van der Waals surface area (Å²) in [4.78, 5) is 10.7. The molecule has 1 amide bonds. The van der Waals surface area contributed by atoms with Crippen LogP contribution in [0.2, 0.25) is 0 Å². The van der Waals surface area contributed by atoms with Gasteiger partial charge in [0.05, 0.1) is 6.61 Å². The third-order valence-corrected chi connectivity index (χ3v) is 10.1. The third-order valence-electron chi connectivity index (χ3n) is 8.12. The van der Waals surface area contributed by atoms with E-state index in [4.69, 9.17) is 10.5 Å². The number of halogens is 5. The maximum atomic E-state index is 14.8. The lowest BCUT2D eigenvalue weighted by atomic mass is 9.83. The molecule has 0 radical (unpaired) electrons. The first-order valence-electron chi connectivity index (χ1n) is 13.6. The molecule has 0 aromatic heterocycles. The second-order valence-corrected chi connectivity index (χ2v) is 12.5.